The van der Waals surface area contributed by atoms with Gasteiger partial charge in [-0.2, -0.15) is 0 Å². The van der Waals surface area contributed by atoms with Crippen LogP contribution in [0.1, 0.15) is 29.8 Å². The van der Waals surface area contributed by atoms with E-state index >= 15 is 0 Å². The minimum Gasteiger partial charge on any atom is -0.462 e. The van der Waals surface area contributed by atoms with Crippen LogP contribution < -0.4 is 25.8 Å². The van der Waals surface area contributed by atoms with Crippen molar-refractivity contribution in [2.45, 2.75) is 20.4 Å². The number of carbonyl (C=O) groups excluding carboxylic acids is 1. The third kappa shape index (κ3) is 5.00. The standard InChI is InChI=1S/C23H25N5O4/c1-14(2)11-30-23(29)16-4-6-17(7-5-16)28-22-20(24)21(26-12-27-22)25-10-15-3-8-18-19(9-15)32-13-31-18/h3-9,12,14H,10-11,13,24H2,1-2H3,(H2,25,26,27,28). The van der Waals surface area contributed by atoms with Crippen LogP contribution in [0.4, 0.5) is 23.0 Å². The van der Waals surface area contributed by atoms with Crippen LogP contribution in [0.5, 0.6) is 11.5 Å². The van der Waals surface area contributed by atoms with Crippen LogP contribution in [0.2, 0.25) is 0 Å². The van der Waals surface area contributed by atoms with E-state index in [1.807, 2.05) is 32.0 Å². The molecule has 3 aromatic rings. The SMILES string of the molecule is CC(C)COC(=O)c1ccc(Nc2ncnc(NCc3ccc4c(c3)OCO4)c2N)cc1. The second-order valence-electron chi connectivity index (χ2n) is 7.72. The van der Waals surface area contributed by atoms with Crippen LogP contribution in [-0.4, -0.2) is 29.3 Å². The second-order valence-corrected chi connectivity index (χ2v) is 7.72. The Kier molecular flexibility index (Phi) is 6.25. The Morgan fingerprint density at radius 1 is 1.09 bits per heavy atom. The third-order valence-electron chi connectivity index (χ3n) is 4.71. The fourth-order valence-corrected chi connectivity index (χ4v) is 3.02. The number of benzene rings is 2. The number of ether oxygens (including phenoxy) is 3. The Balaban J connectivity index is 1.39. The number of esters is 1. The Bertz CT molecular complexity index is 1100. The lowest BCUT2D eigenvalue weighted by atomic mass is 10.2. The predicted molar refractivity (Wildman–Crippen MR) is 121 cm³/mol. The van der Waals surface area contributed by atoms with Crippen LogP contribution >= 0.6 is 0 Å². The summed E-state index contributed by atoms with van der Waals surface area (Å²) in [6.07, 6.45) is 1.43. The molecule has 1 aliphatic rings. The average molecular weight is 435 g/mol. The van der Waals surface area contributed by atoms with Gasteiger partial charge in [0.1, 0.15) is 12.0 Å². The summed E-state index contributed by atoms with van der Waals surface area (Å²) in [7, 11) is 0. The summed E-state index contributed by atoms with van der Waals surface area (Å²) in [4.78, 5) is 20.5. The number of fused-ring (bicyclic) bond motifs is 1. The summed E-state index contributed by atoms with van der Waals surface area (Å²) in [6, 6.07) is 12.7. The van der Waals surface area contributed by atoms with Gasteiger partial charge in [-0.25, -0.2) is 14.8 Å². The van der Waals surface area contributed by atoms with E-state index in [4.69, 9.17) is 19.9 Å². The fraction of sp³-hybridized carbons (Fsp3) is 0.261. The number of aromatic nitrogens is 2. The summed E-state index contributed by atoms with van der Waals surface area (Å²) < 4.78 is 16.0. The zero-order valence-corrected chi connectivity index (χ0v) is 17.9. The van der Waals surface area contributed by atoms with Gasteiger partial charge in [0.25, 0.3) is 0 Å². The molecule has 0 amide bonds. The molecule has 0 aliphatic carbocycles. The Morgan fingerprint density at radius 3 is 2.62 bits per heavy atom. The lowest BCUT2D eigenvalue weighted by molar-refractivity contribution is 0.0459. The van der Waals surface area contributed by atoms with E-state index in [1.54, 1.807) is 24.3 Å². The number of nitrogens with zero attached hydrogens (tertiary/aromatic N) is 2. The molecule has 2 heterocycles. The predicted octanol–water partition coefficient (Wildman–Crippen LogP) is 3.96. The molecular weight excluding hydrogens is 410 g/mol. The molecule has 166 valence electrons. The molecule has 32 heavy (non-hydrogen) atoms. The average Bonchev–Trinajstić information content (AvgIpc) is 3.26. The van der Waals surface area contributed by atoms with Gasteiger partial charge in [0.05, 0.1) is 12.2 Å². The van der Waals surface area contributed by atoms with Crippen LogP contribution in [-0.2, 0) is 11.3 Å². The molecule has 2 aromatic carbocycles. The Labute approximate surface area is 185 Å². The monoisotopic (exact) mass is 435 g/mol. The maximum absolute atomic E-state index is 12.1. The first kappa shape index (κ1) is 21.2. The van der Waals surface area contributed by atoms with Crippen molar-refractivity contribution in [1.29, 1.82) is 0 Å². The summed E-state index contributed by atoms with van der Waals surface area (Å²) >= 11 is 0. The summed E-state index contributed by atoms with van der Waals surface area (Å²) in [6.45, 7) is 5.11. The second kappa shape index (κ2) is 9.42. The fourth-order valence-electron chi connectivity index (χ4n) is 3.02. The number of rotatable bonds is 8. The van der Waals surface area contributed by atoms with Crippen molar-refractivity contribution in [3.8, 4) is 11.5 Å². The van der Waals surface area contributed by atoms with Crippen LogP contribution in [0.15, 0.2) is 48.8 Å². The molecule has 0 atom stereocenters. The van der Waals surface area contributed by atoms with E-state index in [9.17, 15) is 4.79 Å². The maximum atomic E-state index is 12.1. The van der Waals surface area contributed by atoms with Gasteiger partial charge >= 0.3 is 5.97 Å². The summed E-state index contributed by atoms with van der Waals surface area (Å²) in [5.41, 5.74) is 8.87. The highest BCUT2D eigenvalue weighted by atomic mass is 16.7. The Hall–Kier alpha value is -4.01. The minimum atomic E-state index is -0.346. The molecule has 1 aliphatic heterocycles. The van der Waals surface area contributed by atoms with Crippen molar-refractivity contribution >= 4 is 29.0 Å². The zero-order chi connectivity index (χ0) is 22.5. The summed E-state index contributed by atoms with van der Waals surface area (Å²) in [5, 5.41) is 6.38. The number of hydrogen-bond donors (Lipinski definition) is 3. The number of anilines is 4. The largest absolute Gasteiger partial charge is 0.462 e. The number of carbonyl (C=O) groups is 1. The molecule has 0 spiro atoms. The highest BCUT2D eigenvalue weighted by Gasteiger charge is 2.14. The highest BCUT2D eigenvalue weighted by Crippen LogP contribution is 2.33. The first-order valence-corrected chi connectivity index (χ1v) is 10.3. The van der Waals surface area contributed by atoms with Gasteiger partial charge in [-0.1, -0.05) is 19.9 Å². The lowest BCUT2D eigenvalue weighted by Crippen LogP contribution is -2.10. The smallest absolute Gasteiger partial charge is 0.338 e. The van der Waals surface area contributed by atoms with E-state index in [2.05, 4.69) is 20.6 Å². The van der Waals surface area contributed by atoms with Crippen molar-refractivity contribution in [2.24, 2.45) is 5.92 Å². The highest BCUT2D eigenvalue weighted by molar-refractivity contribution is 5.90. The molecular formula is C23H25N5O4. The number of nitrogens with one attached hydrogen (secondary N) is 2. The van der Waals surface area contributed by atoms with Gasteiger partial charge in [0.2, 0.25) is 6.79 Å². The molecule has 0 radical (unpaired) electrons. The van der Waals surface area contributed by atoms with Crippen molar-refractivity contribution in [2.75, 3.05) is 29.8 Å². The van der Waals surface area contributed by atoms with Gasteiger partial charge < -0.3 is 30.6 Å². The van der Waals surface area contributed by atoms with Gasteiger partial charge in [-0.3, -0.25) is 0 Å². The molecule has 0 fully saturated rings. The van der Waals surface area contributed by atoms with Crippen LogP contribution in [0.25, 0.3) is 0 Å². The van der Waals surface area contributed by atoms with E-state index in [0.29, 0.717) is 36.0 Å². The van der Waals surface area contributed by atoms with E-state index in [1.165, 1.54) is 6.33 Å². The van der Waals surface area contributed by atoms with E-state index in [0.717, 1.165) is 22.7 Å². The third-order valence-corrected chi connectivity index (χ3v) is 4.71. The van der Waals surface area contributed by atoms with Crippen molar-refractivity contribution in [1.82, 2.24) is 9.97 Å². The van der Waals surface area contributed by atoms with Gasteiger partial charge in [0.15, 0.2) is 23.1 Å². The molecule has 1 aromatic heterocycles. The van der Waals surface area contributed by atoms with Crippen molar-refractivity contribution < 1.29 is 19.0 Å². The molecule has 9 nitrogen and oxygen atoms in total. The summed E-state index contributed by atoms with van der Waals surface area (Å²) in [5.74, 6) is 2.37. The van der Waals surface area contributed by atoms with Gasteiger partial charge in [-0.05, 0) is 47.9 Å². The zero-order valence-electron chi connectivity index (χ0n) is 17.9. The lowest BCUT2D eigenvalue weighted by Gasteiger charge is -2.13. The molecule has 0 saturated carbocycles. The van der Waals surface area contributed by atoms with Crippen LogP contribution in [0.3, 0.4) is 0 Å². The Morgan fingerprint density at radius 2 is 1.84 bits per heavy atom. The molecule has 0 bridgehead atoms. The number of nitrogen functional groups attached to an aromatic ring is 1. The topological polar surface area (TPSA) is 121 Å². The van der Waals surface area contributed by atoms with E-state index < -0.39 is 0 Å². The van der Waals surface area contributed by atoms with Crippen LogP contribution in [0, 0.1) is 5.92 Å². The quantitative estimate of drug-likeness (QED) is 0.452. The molecule has 4 rings (SSSR count). The number of hydrogen-bond acceptors (Lipinski definition) is 9. The maximum Gasteiger partial charge on any atom is 0.338 e. The van der Waals surface area contributed by atoms with Crippen molar-refractivity contribution in [3.63, 3.8) is 0 Å². The molecule has 9 heteroatoms. The van der Waals surface area contributed by atoms with Gasteiger partial charge in [0, 0.05) is 12.2 Å². The van der Waals surface area contributed by atoms with E-state index in [-0.39, 0.29) is 18.7 Å². The minimum absolute atomic E-state index is 0.236. The first-order chi connectivity index (χ1) is 15.5. The molecule has 0 saturated heterocycles. The first-order valence-electron chi connectivity index (χ1n) is 10.3. The molecule has 0 unspecified atom stereocenters. The van der Waals surface area contributed by atoms with Gasteiger partial charge in [-0.15, -0.1) is 0 Å². The number of nitrogens with two attached hydrogens (primary N) is 1. The normalized spacial score (nSPS) is 12.0. The van der Waals surface area contributed by atoms with Crippen molar-refractivity contribution in [3.05, 3.63) is 59.9 Å². The molecule has 4 N–H and O–H groups in total.